The van der Waals surface area contributed by atoms with Crippen LogP contribution in [0.1, 0.15) is 49.3 Å². The molecule has 3 aromatic rings. The molecule has 0 spiro atoms. The molecular weight excluding hydrogens is 418 g/mol. The van der Waals surface area contributed by atoms with Gasteiger partial charge in [0.25, 0.3) is 0 Å². The second-order valence-electron chi connectivity index (χ2n) is 7.43. The Kier molecular flexibility index (Phi) is 7.94. The van der Waals surface area contributed by atoms with Crippen LogP contribution < -0.4 is 5.32 Å². The Balaban J connectivity index is 1.78. The average Bonchev–Trinajstić information content (AvgIpc) is 3.33. The van der Waals surface area contributed by atoms with Crippen LogP contribution >= 0.6 is 22.9 Å². The fourth-order valence-electron chi connectivity index (χ4n) is 3.36. The summed E-state index contributed by atoms with van der Waals surface area (Å²) >= 11 is 7.96. The van der Waals surface area contributed by atoms with Gasteiger partial charge in [-0.2, -0.15) is 0 Å². The Morgan fingerprint density at radius 2 is 2.03 bits per heavy atom. The molecule has 0 amide bonds. The SMILES string of the molecule is CCCCc1ncc(CCc2ccsc2NC(C)C(=O)O)n1Cc1ccccc1Cl. The third-order valence-corrected chi connectivity index (χ3v) is 6.43. The van der Waals surface area contributed by atoms with Crippen molar-refractivity contribution in [3.63, 3.8) is 0 Å². The van der Waals surface area contributed by atoms with Gasteiger partial charge in [-0.3, -0.25) is 4.79 Å². The molecule has 0 aliphatic heterocycles. The van der Waals surface area contributed by atoms with E-state index in [4.69, 9.17) is 16.6 Å². The molecule has 3 rings (SSSR count). The first-order chi connectivity index (χ1) is 14.5. The summed E-state index contributed by atoms with van der Waals surface area (Å²) in [4.78, 5) is 15.9. The lowest BCUT2D eigenvalue weighted by molar-refractivity contribution is -0.137. The zero-order chi connectivity index (χ0) is 21.5. The number of anilines is 1. The van der Waals surface area contributed by atoms with Crippen LogP contribution in [0.15, 0.2) is 41.9 Å². The van der Waals surface area contributed by atoms with Crippen LogP contribution in [0.4, 0.5) is 5.00 Å². The van der Waals surface area contributed by atoms with E-state index in [1.807, 2.05) is 29.8 Å². The average molecular weight is 446 g/mol. The van der Waals surface area contributed by atoms with E-state index in [2.05, 4.69) is 28.9 Å². The molecule has 7 heteroatoms. The summed E-state index contributed by atoms with van der Waals surface area (Å²) in [7, 11) is 0. The van der Waals surface area contributed by atoms with Crippen LogP contribution in [0.25, 0.3) is 0 Å². The molecule has 0 aliphatic rings. The highest BCUT2D eigenvalue weighted by atomic mass is 35.5. The van der Waals surface area contributed by atoms with E-state index in [1.165, 1.54) is 5.69 Å². The largest absolute Gasteiger partial charge is 0.480 e. The standard InChI is InChI=1S/C23H28ClN3O2S/c1-3-4-9-21-25-14-19(27(21)15-18-7-5-6-8-20(18)24)11-10-17-12-13-30-22(17)26-16(2)23(28)29/h5-8,12-14,16,26H,3-4,9-11,15H2,1-2H3,(H,28,29). The molecule has 0 radical (unpaired) electrons. The number of thiophene rings is 1. The second kappa shape index (κ2) is 10.6. The Morgan fingerprint density at radius 1 is 1.23 bits per heavy atom. The Morgan fingerprint density at radius 3 is 2.77 bits per heavy atom. The van der Waals surface area contributed by atoms with Crippen LogP contribution in [-0.2, 0) is 30.6 Å². The van der Waals surface area contributed by atoms with Gasteiger partial charge in [-0.15, -0.1) is 11.3 Å². The number of hydrogen-bond donors (Lipinski definition) is 2. The van der Waals surface area contributed by atoms with Gasteiger partial charge in [0.05, 0.1) is 11.5 Å². The van der Waals surface area contributed by atoms with Crippen molar-refractivity contribution in [2.75, 3.05) is 5.32 Å². The van der Waals surface area contributed by atoms with Crippen molar-refractivity contribution in [1.82, 2.24) is 9.55 Å². The third kappa shape index (κ3) is 5.64. The Bertz CT molecular complexity index is 982. The topological polar surface area (TPSA) is 67.2 Å². The Labute approximate surface area is 186 Å². The maximum Gasteiger partial charge on any atom is 0.325 e. The van der Waals surface area contributed by atoms with Crippen molar-refractivity contribution < 1.29 is 9.90 Å². The molecule has 0 saturated heterocycles. The number of carboxylic acid groups (broad SMARTS) is 1. The number of aliphatic carboxylic acids is 1. The number of carboxylic acids is 1. The quantitative estimate of drug-likeness (QED) is 0.399. The number of nitrogens with zero attached hydrogens (tertiary/aromatic N) is 2. The molecule has 2 heterocycles. The minimum atomic E-state index is -0.854. The van der Waals surface area contributed by atoms with Gasteiger partial charge in [0, 0.05) is 23.3 Å². The summed E-state index contributed by atoms with van der Waals surface area (Å²) in [5.74, 6) is 0.239. The van der Waals surface area contributed by atoms with Crippen molar-refractivity contribution in [2.24, 2.45) is 0 Å². The monoisotopic (exact) mass is 445 g/mol. The Hall–Kier alpha value is -2.31. The van der Waals surface area contributed by atoms with E-state index in [1.54, 1.807) is 18.3 Å². The van der Waals surface area contributed by atoms with Crippen LogP contribution in [0.3, 0.4) is 0 Å². The van der Waals surface area contributed by atoms with E-state index >= 15 is 0 Å². The number of hydrogen-bond acceptors (Lipinski definition) is 4. The predicted octanol–water partition coefficient (Wildman–Crippen LogP) is 5.66. The number of benzene rings is 1. The normalized spacial score (nSPS) is 12.1. The molecule has 2 aromatic heterocycles. The van der Waals surface area contributed by atoms with Gasteiger partial charge in [0.1, 0.15) is 11.9 Å². The van der Waals surface area contributed by atoms with Gasteiger partial charge in [-0.05, 0) is 54.8 Å². The van der Waals surface area contributed by atoms with E-state index in [0.29, 0.717) is 6.54 Å². The maximum absolute atomic E-state index is 11.2. The minimum Gasteiger partial charge on any atom is -0.480 e. The first kappa shape index (κ1) is 22.4. The number of imidazole rings is 1. The van der Waals surface area contributed by atoms with Gasteiger partial charge in [0.2, 0.25) is 0 Å². The summed E-state index contributed by atoms with van der Waals surface area (Å²) in [6.07, 6.45) is 6.80. The molecule has 0 saturated carbocycles. The highest BCUT2D eigenvalue weighted by Gasteiger charge is 2.16. The first-order valence-corrected chi connectivity index (χ1v) is 11.6. The van der Waals surface area contributed by atoms with Crippen molar-refractivity contribution in [3.8, 4) is 0 Å². The summed E-state index contributed by atoms with van der Waals surface area (Å²) < 4.78 is 2.29. The molecule has 160 valence electrons. The predicted molar refractivity (Wildman–Crippen MR) is 124 cm³/mol. The summed E-state index contributed by atoms with van der Waals surface area (Å²) in [5, 5.41) is 16.0. The van der Waals surface area contributed by atoms with Crippen molar-refractivity contribution in [2.45, 2.75) is 58.5 Å². The smallest absolute Gasteiger partial charge is 0.325 e. The molecule has 1 atom stereocenters. The maximum atomic E-state index is 11.2. The molecule has 0 aliphatic carbocycles. The number of carbonyl (C=O) groups is 1. The van der Waals surface area contributed by atoms with Crippen molar-refractivity contribution >= 4 is 33.9 Å². The van der Waals surface area contributed by atoms with Gasteiger partial charge in [0.15, 0.2) is 0 Å². The van der Waals surface area contributed by atoms with Crippen LogP contribution in [0, 0.1) is 0 Å². The van der Waals surface area contributed by atoms with Crippen molar-refractivity contribution in [3.05, 3.63) is 69.6 Å². The zero-order valence-electron chi connectivity index (χ0n) is 17.4. The fourth-order valence-corrected chi connectivity index (χ4v) is 4.49. The van der Waals surface area contributed by atoms with E-state index < -0.39 is 12.0 Å². The van der Waals surface area contributed by atoms with Gasteiger partial charge in [-0.1, -0.05) is 43.1 Å². The molecule has 5 nitrogen and oxygen atoms in total. The van der Waals surface area contributed by atoms with Crippen LogP contribution in [0.2, 0.25) is 5.02 Å². The molecule has 2 N–H and O–H groups in total. The number of unbranched alkanes of at least 4 members (excludes halogenated alkanes) is 1. The van der Waals surface area contributed by atoms with E-state index in [-0.39, 0.29) is 0 Å². The van der Waals surface area contributed by atoms with Crippen LogP contribution in [0.5, 0.6) is 0 Å². The number of nitrogens with one attached hydrogen (secondary N) is 1. The fraction of sp³-hybridized carbons (Fsp3) is 0.391. The second-order valence-corrected chi connectivity index (χ2v) is 8.75. The van der Waals surface area contributed by atoms with Gasteiger partial charge >= 0.3 is 5.97 Å². The van der Waals surface area contributed by atoms with Gasteiger partial charge in [-0.25, -0.2) is 4.98 Å². The van der Waals surface area contributed by atoms with Gasteiger partial charge < -0.3 is 15.0 Å². The van der Waals surface area contributed by atoms with E-state index in [0.717, 1.165) is 59.1 Å². The number of rotatable bonds is 11. The minimum absolute atomic E-state index is 0.617. The lowest BCUT2D eigenvalue weighted by atomic mass is 10.1. The van der Waals surface area contributed by atoms with Crippen molar-refractivity contribution in [1.29, 1.82) is 0 Å². The molecule has 1 unspecified atom stereocenters. The number of aryl methyl sites for hydroxylation is 3. The molecule has 1 aromatic carbocycles. The zero-order valence-corrected chi connectivity index (χ0v) is 19.0. The summed E-state index contributed by atoms with van der Waals surface area (Å²) in [6, 6.07) is 9.39. The highest BCUT2D eigenvalue weighted by Crippen LogP contribution is 2.26. The van der Waals surface area contributed by atoms with Crippen LogP contribution in [-0.4, -0.2) is 26.7 Å². The highest BCUT2D eigenvalue weighted by molar-refractivity contribution is 7.14. The first-order valence-electron chi connectivity index (χ1n) is 10.3. The lowest BCUT2D eigenvalue weighted by Crippen LogP contribution is -2.25. The molecule has 0 bridgehead atoms. The number of halogens is 1. The molecule has 0 fully saturated rings. The molecule has 30 heavy (non-hydrogen) atoms. The number of aromatic nitrogens is 2. The third-order valence-electron chi connectivity index (χ3n) is 5.18. The lowest BCUT2D eigenvalue weighted by Gasteiger charge is -2.14. The molecular formula is C23H28ClN3O2S. The van der Waals surface area contributed by atoms with E-state index in [9.17, 15) is 9.90 Å². The summed E-state index contributed by atoms with van der Waals surface area (Å²) in [5.41, 5.74) is 3.39. The summed E-state index contributed by atoms with van der Waals surface area (Å²) in [6.45, 7) is 4.55.